The van der Waals surface area contributed by atoms with E-state index in [2.05, 4.69) is 22.4 Å². The first kappa shape index (κ1) is 96.6. The van der Waals surface area contributed by atoms with Gasteiger partial charge in [-0.3, -0.25) is 33.6 Å². The number of Topliss-reactive ketones (excluding diaryl/α,β-unsaturated/α-hetero) is 6. The summed E-state index contributed by atoms with van der Waals surface area (Å²) in [5.74, 6) is 0.110. The standard InChI is InChI=1S/C8H13ClO2.C8H14O5S2.C8H16O.C6H12O.C2H2Cl2O.C2H6.4CH4.3Na.O3S2/c1-2-7(10)4-3-5-8(11)6-9;1-2-7(9)4-3-5-8(10)6-15(12,14)13-11;1-3-5-6-7-8(9)4-2;1-3-5-6(7)4-2;3-1-2(4)5;1-2;;;;;;;;1-4-5(2)3/h2-6H2,1H3;11H,2-6H2,1H3;3-7H2,1-2H3;3-5H2,1-2H3;1H2;1-2H3;4*1H4;;;;/q;;;;;;;;;;;;+1;/p-1. The van der Waals surface area contributed by atoms with E-state index in [4.69, 9.17) is 47.4 Å². The van der Waals surface area contributed by atoms with Gasteiger partial charge in [0.2, 0.25) is 15.5 Å². The molecule has 0 aromatic rings. The van der Waals surface area contributed by atoms with E-state index in [-0.39, 0.29) is 94.8 Å². The second-order valence-corrected chi connectivity index (χ2v) is 16.0. The molecule has 61 heavy (non-hydrogen) atoms. The number of rotatable bonds is 23. The van der Waals surface area contributed by atoms with Crippen molar-refractivity contribution in [3.63, 3.8) is 0 Å². The first-order chi connectivity index (χ1) is 26.3. The van der Waals surface area contributed by atoms with Crippen LogP contribution in [0.3, 0.4) is 0 Å². The third-order valence-corrected chi connectivity index (χ3v) is 8.40. The molecule has 1 atom stereocenters. The summed E-state index contributed by atoms with van der Waals surface area (Å²) in [5, 5.41) is 9.32. The van der Waals surface area contributed by atoms with Crippen LogP contribution in [-0.2, 0) is 77.3 Å². The molecule has 0 aromatic heterocycles. The molecule has 0 aliphatic rings. The maximum atomic E-state index is 11.1. The predicted molar refractivity (Wildman–Crippen MR) is 259 cm³/mol. The van der Waals surface area contributed by atoms with Gasteiger partial charge in [-0.05, 0) is 37.3 Å². The fourth-order valence-electron chi connectivity index (χ4n) is 2.88. The van der Waals surface area contributed by atoms with Crippen LogP contribution in [0.4, 0.5) is 0 Å². The normalized spacial score (nSPS) is 9.11. The summed E-state index contributed by atoms with van der Waals surface area (Å²) >= 11 is 22.0. The molecule has 0 heterocycles. The Balaban J connectivity index is -0.0000000413. The molecule has 0 spiro atoms. The molecule has 0 rings (SSSR count). The molecule has 0 aliphatic carbocycles. The molecule has 13 nitrogen and oxygen atoms in total. The van der Waals surface area contributed by atoms with Gasteiger partial charge in [0.25, 0.3) is 0 Å². The third kappa shape index (κ3) is 115. The molecular weight excluding hydrogens is 968 g/mol. The number of alkyl halides is 2. The van der Waals surface area contributed by atoms with Crippen molar-refractivity contribution in [2.24, 2.45) is 0 Å². The Morgan fingerprint density at radius 3 is 1.10 bits per heavy atom. The van der Waals surface area contributed by atoms with Crippen molar-refractivity contribution in [3.05, 3.63) is 0 Å². The van der Waals surface area contributed by atoms with Gasteiger partial charge in [-0.1, -0.05) is 97.9 Å². The summed E-state index contributed by atoms with van der Waals surface area (Å²) in [6.45, 7) is 15.6. The Bertz CT molecular complexity index is 1270. The zero-order valence-corrected chi connectivity index (χ0v) is 47.5. The number of ketones is 6. The predicted octanol–water partition coefficient (Wildman–Crippen LogP) is 5.71. The van der Waals surface area contributed by atoms with Crippen molar-refractivity contribution in [3.8, 4) is 0 Å². The SMILES string of the molecule is C.C.C.C.CC.CCC(=O)CCCC(=O)CCl.CCC(=O)CCCC(=O)CS(=O)(=S)O[O-].CCCC(=O)CC.CCCCCC(=O)CC.O=C(Cl)CCl.O=S=S(=O)=O.[Na+].[Na][Na]. The van der Waals surface area contributed by atoms with Crippen LogP contribution >= 0.6 is 34.8 Å². The van der Waals surface area contributed by atoms with Crippen molar-refractivity contribution in [2.75, 3.05) is 17.5 Å². The maximum absolute atomic E-state index is 11.1. The average Bonchev–Trinajstić information content (AvgIpc) is 3.20. The van der Waals surface area contributed by atoms with Gasteiger partial charge in [0.1, 0.15) is 49.2 Å². The van der Waals surface area contributed by atoms with Crippen LogP contribution in [0, 0.1) is 0 Å². The zero-order chi connectivity index (χ0) is 46.0. The van der Waals surface area contributed by atoms with Crippen LogP contribution < -0.4 is 34.8 Å². The molecule has 0 amide bonds. The van der Waals surface area contributed by atoms with Crippen molar-refractivity contribution < 1.29 is 89.5 Å². The monoisotopic (exact) mass is 1040 g/mol. The number of unbranched alkanes of at least 4 members (excludes halogenated alkanes) is 2. The molecule has 0 saturated carbocycles. The quantitative estimate of drug-likeness (QED) is 0.0299. The summed E-state index contributed by atoms with van der Waals surface area (Å²) in [4.78, 5) is 73.9. The Labute approximate surface area is 447 Å². The van der Waals surface area contributed by atoms with E-state index < -0.39 is 45.0 Å². The molecule has 356 valence electrons. The van der Waals surface area contributed by atoms with Crippen molar-refractivity contribution in [2.45, 2.75) is 188 Å². The van der Waals surface area contributed by atoms with Crippen molar-refractivity contribution >= 4 is 158 Å². The molecular formula is C38H78Cl3Na3O13S4. The Hall–Kier alpha value is 1.69. The van der Waals surface area contributed by atoms with E-state index in [1.165, 1.54) is 56.5 Å². The van der Waals surface area contributed by atoms with Crippen molar-refractivity contribution in [1.82, 2.24) is 0 Å². The second kappa shape index (κ2) is 81.8. The van der Waals surface area contributed by atoms with Crippen LogP contribution in [0.5, 0.6) is 0 Å². The Morgan fingerprint density at radius 2 is 0.885 bits per heavy atom. The summed E-state index contributed by atoms with van der Waals surface area (Å²) < 4.78 is 41.1. The molecule has 0 aliphatic heterocycles. The zero-order valence-electron chi connectivity index (χ0n) is 36.0. The van der Waals surface area contributed by atoms with Gasteiger partial charge in [0, 0.05) is 75.4 Å². The second-order valence-electron chi connectivity index (χ2n) is 10.2. The molecule has 0 saturated heterocycles. The number of hydrogen-bond acceptors (Lipinski definition) is 14. The Kier molecular flexibility index (Phi) is 130. The van der Waals surface area contributed by atoms with Gasteiger partial charge in [-0.2, -0.15) is 12.6 Å². The molecule has 0 fully saturated rings. The van der Waals surface area contributed by atoms with Gasteiger partial charge < -0.3 is 9.59 Å². The van der Waals surface area contributed by atoms with E-state index in [1.807, 2.05) is 41.5 Å². The van der Waals surface area contributed by atoms with E-state index in [0.717, 1.165) is 25.7 Å². The number of hydrogen-bond donors (Lipinski definition) is 0. The van der Waals surface area contributed by atoms with Crippen LogP contribution in [0.15, 0.2) is 0 Å². The molecule has 1 unspecified atom stereocenters. The van der Waals surface area contributed by atoms with E-state index >= 15 is 0 Å². The molecule has 0 radical (unpaired) electrons. The number of halogens is 3. The van der Waals surface area contributed by atoms with Gasteiger partial charge >= 0.3 is 82.4 Å². The van der Waals surface area contributed by atoms with Crippen LogP contribution in [0.1, 0.15) is 188 Å². The summed E-state index contributed by atoms with van der Waals surface area (Å²) in [6, 6.07) is 0. The summed E-state index contributed by atoms with van der Waals surface area (Å²) in [6.07, 6.45) is 10.9. The van der Waals surface area contributed by atoms with E-state index in [1.54, 1.807) is 6.92 Å². The topological polar surface area (TPSA) is 220 Å². The minimum atomic E-state index is -3.43. The summed E-state index contributed by atoms with van der Waals surface area (Å²) in [7, 11) is -6.35. The molecule has 0 N–H and O–H groups in total. The average molecular weight is 1050 g/mol. The van der Waals surface area contributed by atoms with Crippen LogP contribution in [-0.4, -0.2) is 118 Å². The molecule has 0 bridgehead atoms. The Morgan fingerprint density at radius 1 is 0.607 bits per heavy atom. The van der Waals surface area contributed by atoms with Gasteiger partial charge in [-0.15, -0.1) is 23.2 Å². The molecule has 0 aromatic carbocycles. The van der Waals surface area contributed by atoms with Gasteiger partial charge in [0.15, 0.2) is 0 Å². The van der Waals surface area contributed by atoms with E-state index in [0.29, 0.717) is 69.4 Å². The first-order valence-electron chi connectivity index (χ1n) is 18.6. The molecule has 23 heteroatoms. The first-order valence-corrected chi connectivity index (χ1v) is 33.0. The number of carbonyl (C=O) groups excluding carboxylic acids is 7. The summed E-state index contributed by atoms with van der Waals surface area (Å²) in [5.41, 5.74) is 0. The fraction of sp³-hybridized carbons (Fsp3) is 0.816. The van der Waals surface area contributed by atoms with Crippen molar-refractivity contribution in [1.29, 1.82) is 0 Å². The van der Waals surface area contributed by atoms with Crippen LogP contribution in [0.2, 0.25) is 0 Å². The number of carbonyl (C=O) groups is 7. The third-order valence-electron chi connectivity index (χ3n) is 5.74. The fourth-order valence-corrected chi connectivity index (χ4v) is 4.00. The minimum absolute atomic E-state index is 0. The van der Waals surface area contributed by atoms with E-state index in [9.17, 15) is 43.0 Å². The van der Waals surface area contributed by atoms with Gasteiger partial charge in [0.05, 0.1) is 11.8 Å². The van der Waals surface area contributed by atoms with Crippen LogP contribution in [0.25, 0.3) is 0 Å². The van der Waals surface area contributed by atoms with Gasteiger partial charge in [-0.25, -0.2) is 4.21 Å².